The minimum absolute atomic E-state index is 0.182. The Balaban J connectivity index is 1.33. The van der Waals surface area contributed by atoms with E-state index in [4.69, 9.17) is 21.0 Å². The highest BCUT2D eigenvalue weighted by molar-refractivity contribution is 6.31. The molecule has 0 fully saturated rings. The van der Waals surface area contributed by atoms with Gasteiger partial charge >= 0.3 is 0 Å². The molecule has 36 heavy (non-hydrogen) atoms. The first-order valence-corrected chi connectivity index (χ1v) is 12.5. The van der Waals surface area contributed by atoms with E-state index in [2.05, 4.69) is 31.0 Å². The molecule has 4 aromatic carbocycles. The average molecular weight is 495 g/mol. The number of aromatic hydroxyl groups is 1. The second kappa shape index (κ2) is 10.4. The van der Waals surface area contributed by atoms with Crippen LogP contribution in [0, 0.1) is 0 Å². The molecule has 1 atom stereocenters. The summed E-state index contributed by atoms with van der Waals surface area (Å²) in [6.45, 7) is 4.41. The first-order chi connectivity index (χ1) is 17.5. The lowest BCUT2D eigenvalue weighted by atomic mass is 9.98. The summed E-state index contributed by atoms with van der Waals surface area (Å²) >= 11 is 6.30. The Labute approximate surface area is 215 Å². The Morgan fingerprint density at radius 1 is 1.00 bits per heavy atom. The maximum Gasteiger partial charge on any atom is 0.227 e. The molecular weight excluding hydrogens is 468 g/mol. The number of aromatic nitrogens is 1. The fraction of sp³-hybridized carbons (Fsp3) is 0.161. The Morgan fingerprint density at radius 2 is 1.81 bits per heavy atom. The Bertz CT molecular complexity index is 1540. The summed E-state index contributed by atoms with van der Waals surface area (Å²) in [6, 6.07) is 27.2. The van der Waals surface area contributed by atoms with Crippen molar-refractivity contribution in [3.8, 4) is 17.2 Å². The molecule has 0 radical (unpaired) electrons. The lowest BCUT2D eigenvalue weighted by Gasteiger charge is -2.07. The van der Waals surface area contributed by atoms with Crippen LogP contribution >= 0.6 is 11.6 Å². The molecular formula is C31H27ClN2O2. The van der Waals surface area contributed by atoms with Gasteiger partial charge in [-0.25, -0.2) is 4.98 Å². The van der Waals surface area contributed by atoms with Crippen molar-refractivity contribution in [2.75, 3.05) is 0 Å². The van der Waals surface area contributed by atoms with Crippen LogP contribution < -0.4 is 0 Å². The summed E-state index contributed by atoms with van der Waals surface area (Å²) in [5.41, 5.74) is 7.32. The van der Waals surface area contributed by atoms with Gasteiger partial charge in [0, 0.05) is 22.4 Å². The maximum absolute atomic E-state index is 10.3. The van der Waals surface area contributed by atoms with Crippen molar-refractivity contribution in [2.45, 2.75) is 32.6 Å². The van der Waals surface area contributed by atoms with Crippen LogP contribution in [0.15, 0.2) is 94.3 Å². The monoisotopic (exact) mass is 494 g/mol. The number of rotatable bonds is 7. The van der Waals surface area contributed by atoms with Crippen molar-refractivity contribution in [3.05, 3.63) is 112 Å². The fourth-order valence-corrected chi connectivity index (χ4v) is 4.33. The van der Waals surface area contributed by atoms with Crippen molar-refractivity contribution in [3.63, 3.8) is 0 Å². The summed E-state index contributed by atoms with van der Waals surface area (Å²) < 4.78 is 5.99. The van der Waals surface area contributed by atoms with Crippen molar-refractivity contribution in [1.29, 1.82) is 0 Å². The number of hydrogen-bond acceptors (Lipinski definition) is 4. The molecule has 0 bridgehead atoms. The van der Waals surface area contributed by atoms with Gasteiger partial charge in [0.1, 0.15) is 11.3 Å². The number of benzene rings is 4. The number of nitrogens with zero attached hydrogens (tertiary/aromatic N) is 2. The predicted octanol–water partition coefficient (Wildman–Crippen LogP) is 8.71. The second-order valence-electron chi connectivity index (χ2n) is 9.02. The van der Waals surface area contributed by atoms with Crippen LogP contribution in [0.25, 0.3) is 22.6 Å². The molecule has 1 heterocycles. The van der Waals surface area contributed by atoms with Gasteiger partial charge < -0.3 is 9.52 Å². The van der Waals surface area contributed by atoms with Crippen molar-refractivity contribution in [1.82, 2.24) is 4.98 Å². The molecule has 0 aliphatic rings. The van der Waals surface area contributed by atoms with Gasteiger partial charge in [-0.15, -0.1) is 0 Å². The standard InChI is InChI=1S/C31H27ClN2O2/c1-3-20(2)23-11-15-30-28(18-23)34-31(36-30)22-9-12-26(13-10-22)33-19-25-17-21(8-14-29(25)35)16-24-6-4-5-7-27(24)32/h4-15,17-20,35H,3,16H2,1-2H3/t20-/m0/s1. The first kappa shape index (κ1) is 23.8. The zero-order valence-corrected chi connectivity index (χ0v) is 21.0. The zero-order chi connectivity index (χ0) is 25.1. The third-order valence-electron chi connectivity index (χ3n) is 6.50. The van der Waals surface area contributed by atoms with Crippen LogP contribution in [0.2, 0.25) is 5.02 Å². The van der Waals surface area contributed by atoms with Gasteiger partial charge in [0.2, 0.25) is 5.89 Å². The lowest BCUT2D eigenvalue weighted by Crippen LogP contribution is -1.92. The van der Waals surface area contributed by atoms with E-state index < -0.39 is 0 Å². The van der Waals surface area contributed by atoms with Crippen LogP contribution in [0.4, 0.5) is 5.69 Å². The van der Waals surface area contributed by atoms with E-state index in [-0.39, 0.29) is 5.75 Å². The number of phenolic OH excluding ortho intramolecular Hbond substituents is 1. The van der Waals surface area contributed by atoms with E-state index in [1.54, 1.807) is 12.3 Å². The number of aliphatic imine (C=N–C) groups is 1. The Kier molecular flexibility index (Phi) is 6.88. The quantitative estimate of drug-likeness (QED) is 0.230. The van der Waals surface area contributed by atoms with E-state index in [9.17, 15) is 5.11 Å². The maximum atomic E-state index is 10.3. The highest BCUT2D eigenvalue weighted by atomic mass is 35.5. The van der Waals surface area contributed by atoms with Gasteiger partial charge in [-0.3, -0.25) is 4.99 Å². The van der Waals surface area contributed by atoms with Gasteiger partial charge in [-0.2, -0.15) is 0 Å². The summed E-state index contributed by atoms with van der Waals surface area (Å²) in [5.74, 6) is 1.26. The van der Waals surface area contributed by atoms with Crippen LogP contribution in [0.1, 0.15) is 48.4 Å². The largest absolute Gasteiger partial charge is 0.507 e. The molecule has 1 aromatic heterocycles. The molecule has 0 aliphatic carbocycles. The molecule has 0 aliphatic heterocycles. The van der Waals surface area contributed by atoms with Gasteiger partial charge in [-0.05, 0) is 90.0 Å². The second-order valence-corrected chi connectivity index (χ2v) is 9.43. The van der Waals surface area contributed by atoms with E-state index in [1.807, 2.05) is 66.7 Å². The molecule has 5 rings (SSSR count). The molecule has 0 spiro atoms. The Hall–Kier alpha value is -3.89. The smallest absolute Gasteiger partial charge is 0.227 e. The van der Waals surface area contributed by atoms with E-state index in [0.29, 0.717) is 23.8 Å². The summed E-state index contributed by atoms with van der Waals surface area (Å²) in [5, 5.41) is 11.1. The molecule has 0 amide bonds. The van der Waals surface area contributed by atoms with Crippen molar-refractivity contribution >= 4 is 34.6 Å². The zero-order valence-electron chi connectivity index (χ0n) is 20.3. The molecule has 0 unspecified atom stereocenters. The molecule has 0 saturated heterocycles. The third-order valence-corrected chi connectivity index (χ3v) is 6.87. The average Bonchev–Trinajstić information content (AvgIpc) is 3.33. The first-order valence-electron chi connectivity index (χ1n) is 12.1. The van der Waals surface area contributed by atoms with E-state index in [0.717, 1.165) is 44.9 Å². The predicted molar refractivity (Wildman–Crippen MR) is 148 cm³/mol. The highest BCUT2D eigenvalue weighted by Gasteiger charge is 2.11. The molecule has 1 N–H and O–H groups in total. The van der Waals surface area contributed by atoms with Crippen LogP contribution in [-0.2, 0) is 6.42 Å². The molecule has 4 nitrogen and oxygen atoms in total. The van der Waals surface area contributed by atoms with Gasteiger partial charge in [0.05, 0.1) is 5.69 Å². The number of hydrogen-bond donors (Lipinski definition) is 1. The van der Waals surface area contributed by atoms with Crippen LogP contribution in [-0.4, -0.2) is 16.3 Å². The minimum Gasteiger partial charge on any atom is -0.507 e. The van der Waals surface area contributed by atoms with Crippen molar-refractivity contribution < 1.29 is 9.52 Å². The lowest BCUT2D eigenvalue weighted by molar-refractivity contribution is 0.474. The third kappa shape index (κ3) is 5.19. The van der Waals surface area contributed by atoms with Gasteiger partial charge in [0.25, 0.3) is 0 Å². The van der Waals surface area contributed by atoms with Crippen LogP contribution in [0.3, 0.4) is 0 Å². The minimum atomic E-state index is 0.182. The molecule has 0 saturated carbocycles. The topological polar surface area (TPSA) is 58.6 Å². The molecule has 180 valence electrons. The Morgan fingerprint density at radius 3 is 2.58 bits per heavy atom. The fourth-order valence-electron chi connectivity index (χ4n) is 4.12. The molecule has 5 aromatic rings. The number of phenols is 1. The highest BCUT2D eigenvalue weighted by Crippen LogP contribution is 2.29. The molecule has 5 heteroatoms. The summed E-state index contributed by atoms with van der Waals surface area (Å²) in [6.07, 6.45) is 3.44. The number of halogens is 1. The van der Waals surface area contributed by atoms with E-state index >= 15 is 0 Å². The number of oxazole rings is 1. The van der Waals surface area contributed by atoms with E-state index in [1.165, 1.54) is 5.56 Å². The van der Waals surface area contributed by atoms with Gasteiger partial charge in [-0.1, -0.05) is 55.8 Å². The summed E-state index contributed by atoms with van der Waals surface area (Å²) in [7, 11) is 0. The normalized spacial score (nSPS) is 12.4. The van der Waals surface area contributed by atoms with Gasteiger partial charge in [0.15, 0.2) is 5.58 Å². The number of fused-ring (bicyclic) bond motifs is 1. The van der Waals surface area contributed by atoms with Crippen molar-refractivity contribution in [2.24, 2.45) is 4.99 Å². The van der Waals surface area contributed by atoms with Crippen LogP contribution in [0.5, 0.6) is 5.75 Å². The SMILES string of the molecule is CC[C@H](C)c1ccc2oc(-c3ccc(N=Cc4cc(Cc5ccccc5Cl)ccc4O)cc3)nc2c1. The summed E-state index contributed by atoms with van der Waals surface area (Å²) in [4.78, 5) is 9.26.